The van der Waals surface area contributed by atoms with Crippen LogP contribution < -0.4 is 5.73 Å². The summed E-state index contributed by atoms with van der Waals surface area (Å²) in [5.41, 5.74) is 7.99. The van der Waals surface area contributed by atoms with E-state index in [1.165, 1.54) is 17.9 Å². The van der Waals surface area contributed by atoms with Crippen molar-refractivity contribution in [3.63, 3.8) is 0 Å². The minimum absolute atomic E-state index is 0.237. The fourth-order valence-electron chi connectivity index (χ4n) is 1.44. The molecular weight excluding hydrogens is 222 g/mol. The van der Waals surface area contributed by atoms with E-state index >= 15 is 0 Å². The number of nitrogens with zero attached hydrogens (tertiary/aromatic N) is 4. The van der Waals surface area contributed by atoms with E-state index in [9.17, 15) is 0 Å². The Morgan fingerprint density at radius 3 is 2.56 bits per heavy atom. The molecule has 16 heavy (non-hydrogen) atoms. The highest BCUT2D eigenvalue weighted by Crippen LogP contribution is 2.28. The zero-order valence-electron chi connectivity index (χ0n) is 9.16. The van der Waals surface area contributed by atoms with Crippen LogP contribution in [-0.4, -0.2) is 19.6 Å². The molecule has 1 atom stereocenters. The van der Waals surface area contributed by atoms with Crippen LogP contribution in [0.1, 0.15) is 41.9 Å². The van der Waals surface area contributed by atoms with Gasteiger partial charge in [-0.1, -0.05) is 18.3 Å². The fourth-order valence-corrected chi connectivity index (χ4v) is 2.28. The summed E-state index contributed by atoms with van der Waals surface area (Å²) in [7, 11) is 0. The van der Waals surface area contributed by atoms with Gasteiger partial charge < -0.3 is 5.73 Å². The van der Waals surface area contributed by atoms with Crippen molar-refractivity contribution < 1.29 is 0 Å². The molecule has 2 rings (SSSR count). The summed E-state index contributed by atoms with van der Waals surface area (Å²) in [5.74, 6) is 0.324. The second kappa shape index (κ2) is 4.63. The molecule has 2 aromatic heterocycles. The molecule has 0 aliphatic rings. The van der Waals surface area contributed by atoms with E-state index in [4.69, 9.17) is 5.73 Å². The molecule has 0 bridgehead atoms. The molecule has 2 aromatic rings. The van der Waals surface area contributed by atoms with Crippen LogP contribution in [0.5, 0.6) is 0 Å². The molecule has 0 aliphatic carbocycles. The molecule has 2 heterocycles. The Labute approximate surface area is 97.9 Å². The Morgan fingerprint density at radius 2 is 1.94 bits per heavy atom. The van der Waals surface area contributed by atoms with E-state index in [2.05, 4.69) is 33.4 Å². The van der Waals surface area contributed by atoms with Gasteiger partial charge in [-0.05, 0) is 17.5 Å². The first-order valence-electron chi connectivity index (χ1n) is 5.02. The summed E-state index contributed by atoms with van der Waals surface area (Å²) >= 11 is 1.34. The normalized spacial score (nSPS) is 13.0. The number of aromatic nitrogens is 4. The highest BCUT2D eigenvalue weighted by molar-refractivity contribution is 7.05. The zero-order valence-corrected chi connectivity index (χ0v) is 9.98. The molecule has 0 aromatic carbocycles. The Balaban J connectivity index is 2.34. The first kappa shape index (κ1) is 11.1. The third-order valence-electron chi connectivity index (χ3n) is 2.31. The maximum absolute atomic E-state index is 6.15. The van der Waals surface area contributed by atoms with E-state index in [0.717, 1.165) is 16.1 Å². The summed E-state index contributed by atoms with van der Waals surface area (Å²) in [6.45, 7) is 4.16. The summed E-state index contributed by atoms with van der Waals surface area (Å²) in [6.07, 6.45) is 4.94. The zero-order chi connectivity index (χ0) is 11.5. The van der Waals surface area contributed by atoms with E-state index < -0.39 is 0 Å². The molecule has 0 aliphatic heterocycles. The molecule has 0 radical (unpaired) electrons. The molecule has 0 saturated heterocycles. The monoisotopic (exact) mass is 235 g/mol. The van der Waals surface area contributed by atoms with Crippen molar-refractivity contribution in [2.45, 2.75) is 25.8 Å². The molecule has 2 N–H and O–H groups in total. The Bertz CT molecular complexity index is 453. The lowest BCUT2D eigenvalue weighted by atomic mass is 10.0. The number of hydrogen-bond donors (Lipinski definition) is 1. The fraction of sp³-hybridized carbons (Fsp3) is 0.400. The highest BCUT2D eigenvalue weighted by atomic mass is 32.1. The smallest absolute Gasteiger partial charge is 0.115 e. The molecule has 6 heteroatoms. The van der Waals surface area contributed by atoms with Gasteiger partial charge in [-0.2, -0.15) is 0 Å². The van der Waals surface area contributed by atoms with Gasteiger partial charge >= 0.3 is 0 Å². The van der Waals surface area contributed by atoms with Crippen molar-refractivity contribution in [2.24, 2.45) is 5.73 Å². The third-order valence-corrected chi connectivity index (χ3v) is 3.13. The third kappa shape index (κ3) is 2.07. The average Bonchev–Trinajstić information content (AvgIpc) is 2.78. The minimum atomic E-state index is -0.237. The van der Waals surface area contributed by atoms with E-state index in [0.29, 0.717) is 5.92 Å². The molecular formula is C10H13N5S. The summed E-state index contributed by atoms with van der Waals surface area (Å²) in [4.78, 5) is 8.92. The lowest BCUT2D eigenvalue weighted by molar-refractivity contribution is 0.767. The summed E-state index contributed by atoms with van der Waals surface area (Å²) < 4.78 is 3.96. The van der Waals surface area contributed by atoms with Crippen molar-refractivity contribution in [3.8, 4) is 0 Å². The quantitative estimate of drug-likeness (QED) is 0.872. The molecule has 1 unspecified atom stereocenters. The van der Waals surface area contributed by atoms with Gasteiger partial charge in [0.1, 0.15) is 6.33 Å². The maximum atomic E-state index is 6.15. The van der Waals surface area contributed by atoms with Crippen LogP contribution in [-0.2, 0) is 0 Å². The lowest BCUT2D eigenvalue weighted by Gasteiger charge is -2.11. The van der Waals surface area contributed by atoms with Crippen molar-refractivity contribution in [1.82, 2.24) is 19.6 Å². The van der Waals surface area contributed by atoms with E-state index in [1.54, 1.807) is 12.4 Å². The van der Waals surface area contributed by atoms with Gasteiger partial charge in [0, 0.05) is 18.0 Å². The van der Waals surface area contributed by atoms with Gasteiger partial charge in [0.05, 0.1) is 16.6 Å². The molecule has 0 fully saturated rings. The first-order valence-corrected chi connectivity index (χ1v) is 5.80. The second-order valence-corrected chi connectivity index (χ2v) is 4.61. The molecule has 0 amide bonds. The highest BCUT2D eigenvalue weighted by Gasteiger charge is 2.19. The number of nitrogens with two attached hydrogens (primary N) is 1. The van der Waals surface area contributed by atoms with Crippen molar-refractivity contribution in [3.05, 3.63) is 34.9 Å². The number of hydrogen-bond acceptors (Lipinski definition) is 6. The van der Waals surface area contributed by atoms with Gasteiger partial charge in [-0.3, -0.25) is 0 Å². The van der Waals surface area contributed by atoms with Gasteiger partial charge in [-0.25, -0.2) is 9.97 Å². The lowest BCUT2D eigenvalue weighted by Crippen LogP contribution is -2.13. The predicted octanol–water partition coefficient (Wildman–Crippen LogP) is 1.50. The topological polar surface area (TPSA) is 77.6 Å². The SMILES string of the molecule is CC(C)c1nnsc1C(N)c1cncnc1. The largest absolute Gasteiger partial charge is 0.319 e. The molecule has 0 spiro atoms. The summed E-state index contributed by atoms with van der Waals surface area (Å²) in [5, 5.41) is 4.11. The Morgan fingerprint density at radius 1 is 1.25 bits per heavy atom. The van der Waals surface area contributed by atoms with Crippen molar-refractivity contribution in [2.75, 3.05) is 0 Å². The summed E-state index contributed by atoms with van der Waals surface area (Å²) in [6, 6.07) is -0.237. The van der Waals surface area contributed by atoms with Crippen LogP contribution >= 0.6 is 11.5 Å². The van der Waals surface area contributed by atoms with Crippen LogP contribution in [0.25, 0.3) is 0 Å². The van der Waals surface area contributed by atoms with Crippen LogP contribution in [0.3, 0.4) is 0 Å². The second-order valence-electron chi connectivity index (χ2n) is 3.83. The van der Waals surface area contributed by atoms with Crippen LogP contribution in [0.15, 0.2) is 18.7 Å². The van der Waals surface area contributed by atoms with Crippen molar-refractivity contribution >= 4 is 11.5 Å². The minimum Gasteiger partial charge on any atom is -0.319 e. The average molecular weight is 235 g/mol. The van der Waals surface area contributed by atoms with Crippen LogP contribution in [0, 0.1) is 0 Å². The maximum Gasteiger partial charge on any atom is 0.115 e. The van der Waals surface area contributed by atoms with Crippen molar-refractivity contribution in [1.29, 1.82) is 0 Å². The molecule has 0 saturated carbocycles. The first-order chi connectivity index (χ1) is 7.70. The van der Waals surface area contributed by atoms with E-state index in [1.807, 2.05) is 0 Å². The Hall–Kier alpha value is -1.40. The van der Waals surface area contributed by atoms with Gasteiger partial charge in [0.2, 0.25) is 0 Å². The van der Waals surface area contributed by atoms with Gasteiger partial charge in [-0.15, -0.1) is 5.10 Å². The van der Waals surface area contributed by atoms with Crippen LogP contribution in [0.4, 0.5) is 0 Å². The van der Waals surface area contributed by atoms with E-state index in [-0.39, 0.29) is 6.04 Å². The standard InChI is InChI=1S/C10H13N5S/c1-6(2)9-10(16-15-14-9)8(11)7-3-12-5-13-4-7/h3-6,8H,11H2,1-2H3. The van der Waals surface area contributed by atoms with Gasteiger partial charge in [0.15, 0.2) is 0 Å². The predicted molar refractivity (Wildman–Crippen MR) is 62.1 cm³/mol. The Kier molecular flexibility index (Phi) is 3.21. The van der Waals surface area contributed by atoms with Crippen LogP contribution in [0.2, 0.25) is 0 Å². The van der Waals surface area contributed by atoms with Gasteiger partial charge in [0.25, 0.3) is 0 Å². The number of rotatable bonds is 3. The molecule has 5 nitrogen and oxygen atoms in total. The molecule has 84 valence electrons.